The van der Waals surface area contributed by atoms with Gasteiger partial charge in [-0.15, -0.1) is 0 Å². The molecule has 1 fully saturated rings. The second kappa shape index (κ2) is 8.57. The summed E-state index contributed by atoms with van der Waals surface area (Å²) in [5.74, 6) is -0.786. The van der Waals surface area contributed by atoms with Gasteiger partial charge in [0, 0.05) is 23.1 Å². The molecule has 0 N–H and O–H groups in total. The van der Waals surface area contributed by atoms with E-state index in [4.69, 9.17) is 32.7 Å². The zero-order chi connectivity index (χ0) is 20.4. The monoisotopic (exact) mass is 431 g/mol. The van der Waals surface area contributed by atoms with Gasteiger partial charge in [0.1, 0.15) is 12.7 Å². The van der Waals surface area contributed by atoms with E-state index in [0.717, 1.165) is 25.1 Å². The summed E-state index contributed by atoms with van der Waals surface area (Å²) in [4.78, 5) is 27.0. The van der Waals surface area contributed by atoms with Crippen molar-refractivity contribution in [1.82, 2.24) is 4.90 Å². The lowest BCUT2D eigenvalue weighted by Crippen LogP contribution is -2.36. The Balaban J connectivity index is 1.38. The first-order chi connectivity index (χ1) is 14.0. The molecule has 0 amide bonds. The summed E-state index contributed by atoms with van der Waals surface area (Å²) >= 11 is 11.7. The summed E-state index contributed by atoms with van der Waals surface area (Å²) in [5, 5.41) is 1.13. The van der Waals surface area contributed by atoms with Gasteiger partial charge >= 0.3 is 11.9 Å². The first-order valence-corrected chi connectivity index (χ1v) is 10.1. The largest absolute Gasteiger partial charge is 0.458 e. The molecule has 0 unspecified atom stereocenters. The fourth-order valence-electron chi connectivity index (χ4n) is 3.74. The third-order valence-corrected chi connectivity index (χ3v) is 5.71. The minimum Gasteiger partial charge on any atom is -0.458 e. The summed E-state index contributed by atoms with van der Waals surface area (Å²) < 4.78 is 11.2. The molecule has 7 heteroatoms. The molecule has 2 aliphatic heterocycles. The third kappa shape index (κ3) is 4.47. The Hall–Kier alpha value is -2.34. The van der Waals surface area contributed by atoms with Crippen LogP contribution in [0.15, 0.2) is 60.2 Å². The molecular weight excluding hydrogens is 413 g/mol. The molecule has 0 radical (unpaired) electrons. The Kier molecular flexibility index (Phi) is 5.90. The van der Waals surface area contributed by atoms with Crippen molar-refractivity contribution in [1.29, 1.82) is 0 Å². The summed E-state index contributed by atoms with van der Waals surface area (Å²) in [6.45, 7) is 1.75. The number of benzene rings is 2. The minimum absolute atomic E-state index is 0.0655. The van der Waals surface area contributed by atoms with Gasteiger partial charge in [0.15, 0.2) is 0 Å². The van der Waals surface area contributed by atoms with Crippen molar-refractivity contribution in [3.05, 3.63) is 81.4 Å². The van der Waals surface area contributed by atoms with E-state index in [1.165, 1.54) is 0 Å². The van der Waals surface area contributed by atoms with E-state index in [9.17, 15) is 9.59 Å². The van der Waals surface area contributed by atoms with Gasteiger partial charge in [-0.3, -0.25) is 4.90 Å². The van der Waals surface area contributed by atoms with Gasteiger partial charge in [0.05, 0.1) is 17.2 Å². The number of rotatable bonds is 5. The lowest BCUT2D eigenvalue weighted by Gasteiger charge is -2.24. The maximum absolute atomic E-state index is 12.5. The topological polar surface area (TPSA) is 55.8 Å². The van der Waals surface area contributed by atoms with Crippen molar-refractivity contribution in [2.75, 3.05) is 19.7 Å². The molecule has 150 valence electrons. The van der Waals surface area contributed by atoms with Crippen molar-refractivity contribution >= 4 is 35.1 Å². The zero-order valence-electron chi connectivity index (χ0n) is 15.5. The van der Waals surface area contributed by atoms with Crippen molar-refractivity contribution in [3.8, 4) is 0 Å². The van der Waals surface area contributed by atoms with Crippen LogP contribution in [-0.2, 0) is 9.47 Å². The molecule has 4 rings (SSSR count). The number of ether oxygens (including phenoxy) is 2. The van der Waals surface area contributed by atoms with Crippen molar-refractivity contribution in [2.45, 2.75) is 18.6 Å². The Morgan fingerprint density at radius 1 is 0.931 bits per heavy atom. The van der Waals surface area contributed by atoms with Gasteiger partial charge < -0.3 is 9.47 Å². The van der Waals surface area contributed by atoms with Crippen LogP contribution in [0.2, 0.25) is 10.0 Å². The smallest absolute Gasteiger partial charge is 0.338 e. The van der Waals surface area contributed by atoms with Crippen LogP contribution in [0.1, 0.15) is 27.1 Å². The summed E-state index contributed by atoms with van der Waals surface area (Å²) in [5.41, 5.74) is 1.87. The Labute approximate surface area is 178 Å². The van der Waals surface area contributed by atoms with Gasteiger partial charge in [0.25, 0.3) is 0 Å². The summed E-state index contributed by atoms with van der Waals surface area (Å²) in [7, 11) is 0. The molecule has 2 aromatic rings. The molecular formula is C22H19Cl2NO4. The van der Waals surface area contributed by atoms with Crippen LogP contribution >= 0.6 is 23.2 Å². The number of hydrogen-bond donors (Lipinski definition) is 0. The molecule has 0 bridgehead atoms. The minimum atomic E-state index is -0.409. The highest BCUT2D eigenvalue weighted by atomic mass is 35.5. The van der Waals surface area contributed by atoms with Crippen LogP contribution in [0.3, 0.4) is 0 Å². The highest BCUT2D eigenvalue weighted by Crippen LogP contribution is 2.32. The predicted molar refractivity (Wildman–Crippen MR) is 110 cm³/mol. The maximum Gasteiger partial charge on any atom is 0.338 e. The fourth-order valence-corrected chi connectivity index (χ4v) is 3.99. The highest BCUT2D eigenvalue weighted by Gasteiger charge is 2.42. The number of nitrogens with zero attached hydrogens (tertiary/aromatic N) is 1. The van der Waals surface area contributed by atoms with Gasteiger partial charge in [-0.2, -0.15) is 0 Å². The van der Waals surface area contributed by atoms with E-state index in [1.807, 2.05) is 6.08 Å². The Morgan fingerprint density at radius 3 is 2.14 bits per heavy atom. The number of fused-ring (bicyclic) bond motifs is 1. The lowest BCUT2D eigenvalue weighted by molar-refractivity contribution is 0.0240. The Bertz CT molecular complexity index is 940. The van der Waals surface area contributed by atoms with E-state index >= 15 is 0 Å². The summed E-state index contributed by atoms with van der Waals surface area (Å²) in [6, 6.07) is 13.1. The SMILES string of the molecule is O=C(OCC1=CCN2CC[C@@H](OC(=O)c3ccc(Cl)cc3)[C@@H]12)c1ccc(Cl)cc1. The average molecular weight is 432 g/mol. The summed E-state index contributed by atoms with van der Waals surface area (Å²) in [6.07, 6.45) is 2.51. The zero-order valence-corrected chi connectivity index (χ0v) is 17.0. The molecule has 0 saturated carbocycles. The highest BCUT2D eigenvalue weighted by molar-refractivity contribution is 6.31. The molecule has 29 heavy (non-hydrogen) atoms. The van der Waals surface area contributed by atoms with Gasteiger partial charge in [-0.05, 0) is 60.5 Å². The van der Waals surface area contributed by atoms with Crippen molar-refractivity contribution in [2.24, 2.45) is 0 Å². The normalized spacial score (nSPS) is 20.8. The van der Waals surface area contributed by atoms with Crippen LogP contribution in [0.5, 0.6) is 0 Å². The maximum atomic E-state index is 12.5. The van der Waals surface area contributed by atoms with Crippen LogP contribution in [0.25, 0.3) is 0 Å². The van der Waals surface area contributed by atoms with Gasteiger partial charge in [0.2, 0.25) is 0 Å². The number of halogens is 2. The molecule has 1 saturated heterocycles. The quantitative estimate of drug-likeness (QED) is 0.518. The number of esters is 2. The number of hydrogen-bond acceptors (Lipinski definition) is 5. The lowest BCUT2D eigenvalue weighted by atomic mass is 10.0. The number of carbonyl (C=O) groups is 2. The first-order valence-electron chi connectivity index (χ1n) is 9.33. The van der Waals surface area contributed by atoms with Gasteiger partial charge in [-0.1, -0.05) is 29.3 Å². The Morgan fingerprint density at radius 2 is 1.52 bits per heavy atom. The number of carbonyl (C=O) groups excluding carboxylic acids is 2. The van der Waals surface area contributed by atoms with E-state index < -0.39 is 5.97 Å². The molecule has 2 atom stereocenters. The van der Waals surface area contributed by atoms with Crippen LogP contribution < -0.4 is 0 Å². The van der Waals surface area contributed by atoms with Gasteiger partial charge in [-0.25, -0.2) is 9.59 Å². The molecule has 0 aliphatic carbocycles. The standard InChI is InChI=1S/C22H19Cl2NO4/c23-17-5-1-14(2-6-17)21(26)28-13-16-9-11-25-12-10-19(20(16)25)29-22(27)15-3-7-18(24)8-4-15/h1-9,19-20H,10-13H2/t19-,20-/m1/s1. The fraction of sp³-hybridized carbons (Fsp3) is 0.273. The van der Waals surface area contributed by atoms with E-state index in [0.29, 0.717) is 21.2 Å². The van der Waals surface area contributed by atoms with Crippen LogP contribution in [0.4, 0.5) is 0 Å². The second-order valence-electron chi connectivity index (χ2n) is 7.04. The first kappa shape index (κ1) is 20.0. The molecule has 0 spiro atoms. The molecule has 5 nitrogen and oxygen atoms in total. The second-order valence-corrected chi connectivity index (χ2v) is 7.91. The van der Waals surface area contributed by atoms with Crippen LogP contribution in [0, 0.1) is 0 Å². The molecule has 2 aromatic carbocycles. The van der Waals surface area contributed by atoms with Crippen LogP contribution in [-0.4, -0.2) is 48.7 Å². The average Bonchev–Trinajstić information content (AvgIpc) is 3.30. The van der Waals surface area contributed by atoms with E-state index in [1.54, 1.807) is 48.5 Å². The molecule has 2 aliphatic rings. The predicted octanol–water partition coefficient (Wildman–Crippen LogP) is 4.39. The van der Waals surface area contributed by atoms with Crippen molar-refractivity contribution in [3.63, 3.8) is 0 Å². The van der Waals surface area contributed by atoms with E-state index in [2.05, 4.69) is 4.90 Å². The van der Waals surface area contributed by atoms with Crippen molar-refractivity contribution < 1.29 is 19.1 Å². The molecule has 0 aromatic heterocycles. The van der Waals surface area contributed by atoms with E-state index in [-0.39, 0.29) is 24.7 Å². The third-order valence-electron chi connectivity index (χ3n) is 5.20. The molecule has 2 heterocycles.